The molecule has 0 aromatic heterocycles. The highest BCUT2D eigenvalue weighted by atomic mass is 16.5. The van der Waals surface area contributed by atoms with Gasteiger partial charge in [-0.2, -0.15) is 0 Å². The first-order valence-electron chi connectivity index (χ1n) is 7.81. The van der Waals surface area contributed by atoms with E-state index in [4.69, 9.17) is 4.74 Å². The average molecular weight is 291 g/mol. The number of nitrogens with zero attached hydrogens (tertiary/aromatic N) is 1. The Morgan fingerprint density at radius 2 is 2.14 bits per heavy atom. The molecule has 0 aliphatic carbocycles. The zero-order valence-electron chi connectivity index (χ0n) is 12.9. The smallest absolute Gasteiger partial charge is 0.307 e. The lowest BCUT2D eigenvalue weighted by Gasteiger charge is -2.35. The quantitative estimate of drug-likeness (QED) is 0.873. The Morgan fingerprint density at radius 3 is 2.76 bits per heavy atom. The number of carboxylic acid groups (broad SMARTS) is 1. The van der Waals surface area contributed by atoms with Crippen LogP contribution in [-0.2, 0) is 4.79 Å². The van der Waals surface area contributed by atoms with Crippen LogP contribution in [0, 0.1) is 5.92 Å². The number of carbonyl (C=O) groups is 1. The fourth-order valence-electron chi connectivity index (χ4n) is 2.83. The van der Waals surface area contributed by atoms with Gasteiger partial charge in [0.2, 0.25) is 0 Å². The number of benzene rings is 1. The minimum atomic E-state index is -0.671. The molecule has 1 aliphatic heterocycles. The summed E-state index contributed by atoms with van der Waals surface area (Å²) in [5.41, 5.74) is 1.21. The monoisotopic (exact) mass is 291 g/mol. The van der Waals surface area contributed by atoms with Gasteiger partial charge in [0.15, 0.2) is 0 Å². The van der Waals surface area contributed by atoms with Crippen molar-refractivity contribution in [1.82, 2.24) is 4.90 Å². The molecule has 0 amide bonds. The molecule has 0 spiro atoms. The maximum atomic E-state index is 11.2. The van der Waals surface area contributed by atoms with Crippen LogP contribution in [0.3, 0.4) is 0 Å². The second-order valence-electron chi connectivity index (χ2n) is 5.77. The van der Waals surface area contributed by atoms with Gasteiger partial charge >= 0.3 is 5.97 Å². The number of carboxylic acids is 1. The van der Waals surface area contributed by atoms with E-state index >= 15 is 0 Å². The van der Waals surface area contributed by atoms with Gasteiger partial charge in [-0.1, -0.05) is 19.1 Å². The lowest BCUT2D eigenvalue weighted by molar-refractivity contribution is -0.143. The van der Waals surface area contributed by atoms with Crippen LogP contribution in [0.25, 0.3) is 0 Å². The van der Waals surface area contributed by atoms with E-state index in [9.17, 15) is 9.90 Å². The summed E-state index contributed by atoms with van der Waals surface area (Å²) >= 11 is 0. The Balaban J connectivity index is 1.98. The Morgan fingerprint density at radius 1 is 1.43 bits per heavy atom. The SMILES string of the molecule is CCCOc1ccc(C(C)N2CCCC(C(=O)O)C2)cc1. The first kappa shape index (κ1) is 15.8. The molecule has 0 saturated carbocycles. The van der Waals surface area contributed by atoms with Crippen LogP contribution in [-0.4, -0.2) is 35.7 Å². The molecule has 4 nitrogen and oxygen atoms in total. The Labute approximate surface area is 126 Å². The maximum Gasteiger partial charge on any atom is 0.307 e. The van der Waals surface area contributed by atoms with E-state index in [1.54, 1.807) is 0 Å². The minimum Gasteiger partial charge on any atom is -0.494 e. The Kier molecular flexibility index (Phi) is 5.62. The molecule has 1 N–H and O–H groups in total. The van der Waals surface area contributed by atoms with Crippen LogP contribution in [0.2, 0.25) is 0 Å². The van der Waals surface area contributed by atoms with Gasteiger partial charge in [-0.15, -0.1) is 0 Å². The van der Waals surface area contributed by atoms with Gasteiger partial charge in [0, 0.05) is 12.6 Å². The van der Waals surface area contributed by atoms with Crippen molar-refractivity contribution < 1.29 is 14.6 Å². The number of piperidine rings is 1. The van der Waals surface area contributed by atoms with Crippen LogP contribution in [0.1, 0.15) is 44.7 Å². The molecule has 0 radical (unpaired) electrons. The highest BCUT2D eigenvalue weighted by Crippen LogP contribution is 2.27. The fraction of sp³-hybridized carbons (Fsp3) is 0.588. The summed E-state index contributed by atoms with van der Waals surface area (Å²) in [6.07, 6.45) is 2.75. The molecule has 21 heavy (non-hydrogen) atoms. The predicted molar refractivity (Wildman–Crippen MR) is 82.6 cm³/mol. The van der Waals surface area contributed by atoms with Gasteiger partial charge in [0.25, 0.3) is 0 Å². The Bertz CT molecular complexity index is 458. The summed E-state index contributed by atoms with van der Waals surface area (Å²) in [5, 5.41) is 9.18. The first-order valence-corrected chi connectivity index (χ1v) is 7.81. The number of ether oxygens (including phenoxy) is 1. The largest absolute Gasteiger partial charge is 0.494 e. The summed E-state index contributed by atoms with van der Waals surface area (Å²) < 4.78 is 5.59. The van der Waals surface area contributed by atoms with E-state index in [0.29, 0.717) is 6.54 Å². The minimum absolute atomic E-state index is 0.228. The molecule has 2 atom stereocenters. The van der Waals surface area contributed by atoms with Crippen molar-refractivity contribution in [2.45, 2.75) is 39.2 Å². The summed E-state index contributed by atoms with van der Waals surface area (Å²) in [4.78, 5) is 13.4. The van der Waals surface area contributed by atoms with Crippen molar-refractivity contribution in [1.29, 1.82) is 0 Å². The highest BCUT2D eigenvalue weighted by Gasteiger charge is 2.28. The zero-order chi connectivity index (χ0) is 15.2. The highest BCUT2D eigenvalue weighted by molar-refractivity contribution is 5.70. The third kappa shape index (κ3) is 4.21. The van der Waals surface area contributed by atoms with Gasteiger partial charge in [0.05, 0.1) is 12.5 Å². The van der Waals surface area contributed by atoms with Gasteiger partial charge in [-0.25, -0.2) is 0 Å². The molecule has 1 aromatic carbocycles. The van der Waals surface area contributed by atoms with Crippen molar-refractivity contribution >= 4 is 5.97 Å². The lowest BCUT2D eigenvalue weighted by atomic mass is 9.95. The third-order valence-corrected chi connectivity index (χ3v) is 4.19. The van der Waals surface area contributed by atoms with E-state index in [-0.39, 0.29) is 12.0 Å². The molecular weight excluding hydrogens is 266 g/mol. The predicted octanol–water partition coefficient (Wildman–Crippen LogP) is 3.33. The van der Waals surface area contributed by atoms with Crippen LogP contribution in [0.5, 0.6) is 5.75 Å². The normalized spacial score (nSPS) is 21.0. The lowest BCUT2D eigenvalue weighted by Crippen LogP contribution is -2.40. The summed E-state index contributed by atoms with van der Waals surface area (Å²) in [6, 6.07) is 8.41. The number of rotatable bonds is 6. The average Bonchev–Trinajstić information content (AvgIpc) is 2.53. The topological polar surface area (TPSA) is 49.8 Å². The van der Waals surface area contributed by atoms with Crippen molar-refractivity contribution in [2.24, 2.45) is 5.92 Å². The standard InChI is InChI=1S/C17H25NO3/c1-3-11-21-16-8-6-14(7-9-16)13(2)18-10-4-5-15(12-18)17(19)20/h6-9,13,15H,3-5,10-12H2,1-2H3,(H,19,20). The zero-order valence-corrected chi connectivity index (χ0v) is 12.9. The third-order valence-electron chi connectivity index (χ3n) is 4.19. The first-order chi connectivity index (χ1) is 10.1. The van der Waals surface area contributed by atoms with E-state index in [0.717, 1.165) is 38.2 Å². The molecule has 1 aromatic rings. The molecule has 4 heteroatoms. The number of hydrogen-bond donors (Lipinski definition) is 1. The van der Waals surface area contributed by atoms with E-state index in [1.165, 1.54) is 5.56 Å². The second-order valence-corrected chi connectivity index (χ2v) is 5.77. The molecule has 2 unspecified atom stereocenters. The van der Waals surface area contributed by atoms with E-state index in [1.807, 2.05) is 12.1 Å². The molecular formula is C17H25NO3. The summed E-state index contributed by atoms with van der Waals surface area (Å²) in [6.45, 7) is 6.59. The number of aliphatic carboxylic acids is 1. The Hall–Kier alpha value is -1.55. The number of likely N-dealkylation sites (tertiary alicyclic amines) is 1. The van der Waals surface area contributed by atoms with Crippen molar-refractivity contribution in [3.8, 4) is 5.75 Å². The van der Waals surface area contributed by atoms with Crippen LogP contribution >= 0.6 is 0 Å². The summed E-state index contributed by atoms with van der Waals surface area (Å²) in [5.74, 6) is -0.00145. The molecule has 1 saturated heterocycles. The van der Waals surface area contributed by atoms with Crippen LogP contribution in [0.4, 0.5) is 0 Å². The van der Waals surface area contributed by atoms with Crippen molar-refractivity contribution in [3.63, 3.8) is 0 Å². The summed E-state index contributed by atoms with van der Waals surface area (Å²) in [7, 11) is 0. The maximum absolute atomic E-state index is 11.2. The molecule has 0 bridgehead atoms. The van der Waals surface area contributed by atoms with Crippen molar-refractivity contribution in [2.75, 3.05) is 19.7 Å². The number of hydrogen-bond acceptors (Lipinski definition) is 3. The van der Waals surface area contributed by atoms with E-state index < -0.39 is 5.97 Å². The molecule has 116 valence electrons. The second kappa shape index (κ2) is 7.46. The fourth-order valence-corrected chi connectivity index (χ4v) is 2.83. The van der Waals surface area contributed by atoms with Gasteiger partial charge < -0.3 is 9.84 Å². The van der Waals surface area contributed by atoms with Gasteiger partial charge in [0.1, 0.15) is 5.75 Å². The van der Waals surface area contributed by atoms with E-state index in [2.05, 4.69) is 30.9 Å². The molecule has 2 rings (SSSR count). The van der Waals surface area contributed by atoms with Gasteiger partial charge in [-0.3, -0.25) is 9.69 Å². The molecule has 1 fully saturated rings. The molecule has 1 heterocycles. The van der Waals surface area contributed by atoms with Crippen LogP contribution < -0.4 is 4.74 Å². The molecule has 1 aliphatic rings. The van der Waals surface area contributed by atoms with Gasteiger partial charge in [-0.05, 0) is 50.4 Å². The van der Waals surface area contributed by atoms with Crippen LogP contribution in [0.15, 0.2) is 24.3 Å². The van der Waals surface area contributed by atoms with Crippen molar-refractivity contribution in [3.05, 3.63) is 29.8 Å².